The van der Waals surface area contributed by atoms with Gasteiger partial charge in [0, 0.05) is 18.0 Å². The fourth-order valence-corrected chi connectivity index (χ4v) is 1.10. The van der Waals surface area contributed by atoms with Crippen molar-refractivity contribution in [3.05, 3.63) is 36.8 Å². The maximum atomic E-state index is 8.93. The Kier molecular flexibility index (Phi) is 2.61. The Labute approximate surface area is 85.3 Å². The number of aliphatic hydroxyl groups is 2. The first kappa shape index (κ1) is 9.63. The molecule has 2 N–H and O–H groups in total. The van der Waals surface area contributed by atoms with Gasteiger partial charge in [-0.15, -0.1) is 0 Å². The molecule has 0 aromatic carbocycles. The van der Waals surface area contributed by atoms with Crippen molar-refractivity contribution in [2.24, 2.45) is 0 Å². The minimum atomic E-state index is -1.60. The van der Waals surface area contributed by atoms with Crippen LogP contribution in [-0.2, 0) is 0 Å². The standard InChI is InChI=1S/C9H8N4O2/c14-9(15)8-1-7(12-5-13-8)6-2-10-4-11-3-6/h1-5,9,14-15H. The lowest BCUT2D eigenvalue weighted by Crippen LogP contribution is -2.00. The van der Waals surface area contributed by atoms with Crippen molar-refractivity contribution in [1.29, 1.82) is 0 Å². The summed E-state index contributed by atoms with van der Waals surface area (Å²) < 4.78 is 0. The predicted molar refractivity (Wildman–Crippen MR) is 50.2 cm³/mol. The van der Waals surface area contributed by atoms with Crippen molar-refractivity contribution in [1.82, 2.24) is 19.9 Å². The van der Waals surface area contributed by atoms with Crippen LogP contribution in [0.3, 0.4) is 0 Å². The van der Waals surface area contributed by atoms with Crippen LogP contribution in [0.25, 0.3) is 11.3 Å². The Morgan fingerprint density at radius 2 is 1.73 bits per heavy atom. The summed E-state index contributed by atoms with van der Waals surface area (Å²) in [5.74, 6) is 0. The van der Waals surface area contributed by atoms with E-state index in [1.54, 1.807) is 12.4 Å². The normalized spacial score (nSPS) is 10.6. The molecule has 2 aromatic heterocycles. The lowest BCUT2D eigenvalue weighted by atomic mass is 10.2. The molecule has 0 atom stereocenters. The largest absolute Gasteiger partial charge is 0.363 e. The van der Waals surface area contributed by atoms with Gasteiger partial charge in [0.15, 0.2) is 6.29 Å². The number of rotatable bonds is 2. The van der Waals surface area contributed by atoms with Gasteiger partial charge in [-0.3, -0.25) is 0 Å². The molecule has 0 saturated carbocycles. The summed E-state index contributed by atoms with van der Waals surface area (Å²) in [6.45, 7) is 0. The van der Waals surface area contributed by atoms with E-state index in [0.717, 1.165) is 0 Å². The first-order valence-electron chi connectivity index (χ1n) is 4.21. The second-order valence-electron chi connectivity index (χ2n) is 2.83. The fraction of sp³-hybridized carbons (Fsp3) is 0.111. The van der Waals surface area contributed by atoms with Crippen LogP contribution in [0.5, 0.6) is 0 Å². The SMILES string of the molecule is OC(O)c1cc(-c2cncnc2)ncn1. The second-order valence-corrected chi connectivity index (χ2v) is 2.83. The number of aromatic nitrogens is 4. The van der Waals surface area contributed by atoms with Gasteiger partial charge in [-0.2, -0.15) is 0 Å². The average Bonchev–Trinajstić information content (AvgIpc) is 2.30. The van der Waals surface area contributed by atoms with Crippen LogP contribution in [0.1, 0.15) is 12.0 Å². The molecule has 15 heavy (non-hydrogen) atoms. The lowest BCUT2D eigenvalue weighted by molar-refractivity contribution is -0.0458. The third-order valence-corrected chi connectivity index (χ3v) is 1.81. The molecule has 2 rings (SSSR count). The maximum Gasteiger partial charge on any atom is 0.196 e. The number of hydrogen-bond acceptors (Lipinski definition) is 6. The van der Waals surface area contributed by atoms with Crippen LogP contribution in [0.4, 0.5) is 0 Å². The number of aliphatic hydroxyl groups excluding tert-OH is 1. The van der Waals surface area contributed by atoms with Crippen molar-refractivity contribution in [3.63, 3.8) is 0 Å². The molecule has 0 aliphatic rings. The highest BCUT2D eigenvalue weighted by atomic mass is 16.5. The molecule has 0 amide bonds. The molecule has 0 radical (unpaired) electrons. The minimum absolute atomic E-state index is 0.142. The smallest absolute Gasteiger partial charge is 0.196 e. The molecule has 0 spiro atoms. The van der Waals surface area contributed by atoms with E-state index in [1.807, 2.05) is 0 Å². The highest BCUT2D eigenvalue weighted by Crippen LogP contribution is 2.16. The van der Waals surface area contributed by atoms with Gasteiger partial charge in [-0.25, -0.2) is 19.9 Å². The number of nitrogens with zero attached hydrogens (tertiary/aromatic N) is 4. The van der Waals surface area contributed by atoms with E-state index in [-0.39, 0.29) is 5.69 Å². The van der Waals surface area contributed by atoms with Gasteiger partial charge in [0.2, 0.25) is 0 Å². The molecular formula is C9H8N4O2. The highest BCUT2D eigenvalue weighted by molar-refractivity contribution is 5.56. The topological polar surface area (TPSA) is 92.0 Å². The van der Waals surface area contributed by atoms with Crippen molar-refractivity contribution in [3.8, 4) is 11.3 Å². The van der Waals surface area contributed by atoms with E-state index in [9.17, 15) is 0 Å². The molecule has 6 nitrogen and oxygen atoms in total. The molecule has 2 heterocycles. The monoisotopic (exact) mass is 204 g/mol. The van der Waals surface area contributed by atoms with Crippen LogP contribution >= 0.6 is 0 Å². The molecule has 0 aliphatic carbocycles. The van der Waals surface area contributed by atoms with Crippen molar-refractivity contribution >= 4 is 0 Å². The summed E-state index contributed by atoms with van der Waals surface area (Å²) >= 11 is 0. The van der Waals surface area contributed by atoms with Gasteiger partial charge >= 0.3 is 0 Å². The summed E-state index contributed by atoms with van der Waals surface area (Å²) in [6, 6.07) is 1.48. The summed E-state index contributed by atoms with van der Waals surface area (Å²) in [6.07, 6.45) is 4.24. The molecule has 2 aromatic rings. The van der Waals surface area contributed by atoms with E-state index >= 15 is 0 Å². The van der Waals surface area contributed by atoms with E-state index in [2.05, 4.69) is 19.9 Å². The molecule has 6 heteroatoms. The van der Waals surface area contributed by atoms with Gasteiger partial charge in [-0.1, -0.05) is 0 Å². The van der Waals surface area contributed by atoms with E-state index in [4.69, 9.17) is 10.2 Å². The van der Waals surface area contributed by atoms with Crippen LogP contribution in [0, 0.1) is 0 Å². The maximum absolute atomic E-state index is 8.93. The Morgan fingerprint density at radius 3 is 2.40 bits per heavy atom. The van der Waals surface area contributed by atoms with E-state index in [1.165, 1.54) is 18.7 Å². The summed E-state index contributed by atoms with van der Waals surface area (Å²) in [5.41, 5.74) is 1.39. The summed E-state index contributed by atoms with van der Waals surface area (Å²) in [7, 11) is 0. The first-order valence-corrected chi connectivity index (χ1v) is 4.21. The Bertz CT molecular complexity index is 447. The van der Waals surface area contributed by atoms with Gasteiger partial charge in [0.25, 0.3) is 0 Å². The third kappa shape index (κ3) is 2.12. The van der Waals surface area contributed by atoms with Gasteiger partial charge in [0.1, 0.15) is 12.7 Å². The molecular weight excluding hydrogens is 196 g/mol. The zero-order valence-electron chi connectivity index (χ0n) is 7.65. The van der Waals surface area contributed by atoms with Crippen molar-refractivity contribution < 1.29 is 10.2 Å². The van der Waals surface area contributed by atoms with Gasteiger partial charge < -0.3 is 10.2 Å². The molecule has 0 saturated heterocycles. The highest BCUT2D eigenvalue weighted by Gasteiger charge is 2.07. The second kappa shape index (κ2) is 4.07. The van der Waals surface area contributed by atoms with Crippen molar-refractivity contribution in [2.75, 3.05) is 0 Å². The molecule has 0 unspecified atom stereocenters. The Balaban J connectivity index is 2.42. The zero-order chi connectivity index (χ0) is 10.7. The van der Waals surface area contributed by atoms with Gasteiger partial charge in [0.05, 0.1) is 11.4 Å². The quantitative estimate of drug-likeness (QED) is 0.664. The zero-order valence-corrected chi connectivity index (χ0v) is 7.65. The van der Waals surface area contributed by atoms with Crippen LogP contribution in [-0.4, -0.2) is 30.1 Å². The minimum Gasteiger partial charge on any atom is -0.363 e. The van der Waals surface area contributed by atoms with E-state index < -0.39 is 6.29 Å². The fourth-order valence-electron chi connectivity index (χ4n) is 1.10. The Hall–Kier alpha value is -1.92. The first-order chi connectivity index (χ1) is 7.27. The molecule has 0 bridgehead atoms. The molecule has 0 aliphatic heterocycles. The van der Waals surface area contributed by atoms with Crippen LogP contribution in [0.2, 0.25) is 0 Å². The Morgan fingerprint density at radius 1 is 1.00 bits per heavy atom. The summed E-state index contributed by atoms with van der Waals surface area (Å²) in [4.78, 5) is 15.4. The molecule has 76 valence electrons. The third-order valence-electron chi connectivity index (χ3n) is 1.81. The van der Waals surface area contributed by atoms with Crippen LogP contribution in [0.15, 0.2) is 31.1 Å². The van der Waals surface area contributed by atoms with E-state index in [0.29, 0.717) is 11.3 Å². The summed E-state index contributed by atoms with van der Waals surface area (Å²) in [5, 5.41) is 17.9. The number of hydrogen-bond donors (Lipinski definition) is 2. The van der Waals surface area contributed by atoms with Gasteiger partial charge in [-0.05, 0) is 6.07 Å². The predicted octanol–water partition coefficient (Wildman–Crippen LogP) is -0.0832. The average molecular weight is 204 g/mol. The lowest BCUT2D eigenvalue weighted by Gasteiger charge is -2.04. The molecule has 0 fully saturated rings. The van der Waals surface area contributed by atoms with Crippen molar-refractivity contribution in [2.45, 2.75) is 6.29 Å². The van der Waals surface area contributed by atoms with Crippen LogP contribution < -0.4 is 0 Å².